The molecule has 7 nitrogen and oxygen atoms in total. The molecule has 2 aromatic carbocycles. The van der Waals surface area contributed by atoms with Crippen LogP contribution >= 0.6 is 0 Å². The highest BCUT2D eigenvalue weighted by molar-refractivity contribution is 5.95. The Labute approximate surface area is 177 Å². The summed E-state index contributed by atoms with van der Waals surface area (Å²) in [7, 11) is 1.66. The van der Waals surface area contributed by atoms with Crippen molar-refractivity contribution in [3.63, 3.8) is 0 Å². The van der Waals surface area contributed by atoms with Gasteiger partial charge in [-0.2, -0.15) is 0 Å². The number of carbonyl (C=O) groups excluding carboxylic acids is 1. The van der Waals surface area contributed by atoms with Gasteiger partial charge in [0.2, 0.25) is 0 Å². The molecule has 0 aliphatic carbocycles. The molecule has 2 aromatic rings. The lowest BCUT2D eigenvalue weighted by molar-refractivity contribution is 0.0947. The zero-order valence-electron chi connectivity index (χ0n) is 17.6. The van der Waals surface area contributed by atoms with Gasteiger partial charge in [0, 0.05) is 43.3 Å². The summed E-state index contributed by atoms with van der Waals surface area (Å²) in [6.45, 7) is 6.64. The number of nitrogens with zero attached hydrogens (tertiary/aromatic N) is 1. The number of nitrogens with one attached hydrogen (secondary N) is 3. The average Bonchev–Trinajstić information content (AvgIpc) is 3.27. The summed E-state index contributed by atoms with van der Waals surface area (Å²) in [5.41, 5.74) is 10.7. The van der Waals surface area contributed by atoms with Gasteiger partial charge < -0.3 is 19.7 Å². The third-order valence-corrected chi connectivity index (χ3v) is 5.92. The smallest absolute Gasteiger partial charge is 0.251 e. The quantitative estimate of drug-likeness (QED) is 0.677. The molecule has 30 heavy (non-hydrogen) atoms. The van der Waals surface area contributed by atoms with Gasteiger partial charge in [-0.1, -0.05) is 18.2 Å². The molecule has 0 bridgehead atoms. The largest absolute Gasteiger partial charge is 0.497 e. The fourth-order valence-electron chi connectivity index (χ4n) is 4.11. The van der Waals surface area contributed by atoms with Gasteiger partial charge in [-0.05, 0) is 42.3 Å². The van der Waals surface area contributed by atoms with Crippen LogP contribution in [0.1, 0.15) is 27.5 Å². The number of rotatable bonds is 6. The van der Waals surface area contributed by atoms with E-state index in [0.717, 1.165) is 44.3 Å². The van der Waals surface area contributed by atoms with Gasteiger partial charge in [0.25, 0.3) is 5.91 Å². The van der Waals surface area contributed by atoms with Crippen LogP contribution in [0.3, 0.4) is 0 Å². The van der Waals surface area contributed by atoms with Gasteiger partial charge in [0.1, 0.15) is 5.75 Å². The van der Waals surface area contributed by atoms with Gasteiger partial charge in [-0.3, -0.25) is 10.2 Å². The summed E-state index contributed by atoms with van der Waals surface area (Å²) in [5, 5.41) is 3.13. The molecule has 0 spiro atoms. The summed E-state index contributed by atoms with van der Waals surface area (Å²) in [5.74, 6) is 1.06. The summed E-state index contributed by atoms with van der Waals surface area (Å²) in [6.07, 6.45) is 0. The standard InChI is InChI=1S/C23H30N4O3/c1-16-3-4-18(13-21(16)27-9-11-30-12-10-27)23(28)24-14-19-15-25-26-22(19)17-5-7-20(29-2)8-6-17/h3-8,13,19,22,25-26H,9-12,14-15H2,1-2H3,(H,24,28). The molecule has 4 rings (SSSR count). The van der Waals surface area contributed by atoms with E-state index in [0.29, 0.717) is 12.1 Å². The van der Waals surface area contributed by atoms with E-state index in [-0.39, 0.29) is 17.9 Å². The van der Waals surface area contributed by atoms with E-state index < -0.39 is 0 Å². The zero-order valence-corrected chi connectivity index (χ0v) is 17.6. The summed E-state index contributed by atoms with van der Waals surface area (Å²) >= 11 is 0. The Morgan fingerprint density at radius 3 is 2.70 bits per heavy atom. The van der Waals surface area contributed by atoms with Crippen LogP contribution in [0.4, 0.5) is 5.69 Å². The maximum Gasteiger partial charge on any atom is 0.251 e. The molecule has 0 radical (unpaired) electrons. The minimum Gasteiger partial charge on any atom is -0.497 e. The van der Waals surface area contributed by atoms with Crippen molar-refractivity contribution in [1.29, 1.82) is 0 Å². The van der Waals surface area contributed by atoms with E-state index in [1.54, 1.807) is 7.11 Å². The minimum atomic E-state index is -0.0371. The van der Waals surface area contributed by atoms with Crippen molar-refractivity contribution < 1.29 is 14.3 Å². The average molecular weight is 411 g/mol. The zero-order chi connectivity index (χ0) is 20.9. The maximum atomic E-state index is 12.9. The van der Waals surface area contributed by atoms with Crippen molar-refractivity contribution in [2.45, 2.75) is 13.0 Å². The van der Waals surface area contributed by atoms with Gasteiger partial charge in [-0.25, -0.2) is 5.43 Å². The van der Waals surface area contributed by atoms with Gasteiger partial charge >= 0.3 is 0 Å². The fraction of sp³-hybridized carbons (Fsp3) is 0.435. The van der Waals surface area contributed by atoms with E-state index >= 15 is 0 Å². The van der Waals surface area contributed by atoms with Crippen LogP contribution < -0.4 is 25.8 Å². The number of anilines is 1. The molecule has 1 amide bonds. The first-order chi connectivity index (χ1) is 14.7. The predicted octanol–water partition coefficient (Wildman–Crippen LogP) is 2.04. The Bertz CT molecular complexity index is 865. The van der Waals surface area contributed by atoms with E-state index in [4.69, 9.17) is 9.47 Å². The molecule has 2 heterocycles. The van der Waals surface area contributed by atoms with Gasteiger partial charge in [0.05, 0.1) is 26.4 Å². The highest BCUT2D eigenvalue weighted by Gasteiger charge is 2.28. The molecular formula is C23H30N4O3. The number of amides is 1. The fourth-order valence-corrected chi connectivity index (χ4v) is 4.11. The van der Waals surface area contributed by atoms with Crippen molar-refractivity contribution >= 4 is 11.6 Å². The number of hydrogen-bond acceptors (Lipinski definition) is 6. The molecule has 2 aliphatic heterocycles. The Kier molecular flexibility index (Phi) is 6.52. The molecule has 2 unspecified atom stereocenters. The second-order valence-electron chi connectivity index (χ2n) is 7.85. The Morgan fingerprint density at radius 2 is 1.97 bits per heavy atom. The SMILES string of the molecule is COc1ccc(C2NNCC2CNC(=O)c2ccc(C)c(N3CCOCC3)c2)cc1. The summed E-state index contributed by atoms with van der Waals surface area (Å²) in [4.78, 5) is 15.2. The second kappa shape index (κ2) is 9.47. The van der Waals surface area contributed by atoms with Crippen LogP contribution in [0.15, 0.2) is 42.5 Å². The Balaban J connectivity index is 1.40. The lowest BCUT2D eigenvalue weighted by Gasteiger charge is -2.30. The monoisotopic (exact) mass is 410 g/mol. The molecule has 2 atom stereocenters. The second-order valence-corrected chi connectivity index (χ2v) is 7.85. The van der Waals surface area contributed by atoms with Gasteiger partial charge in [0.15, 0.2) is 0 Å². The molecule has 3 N–H and O–H groups in total. The van der Waals surface area contributed by atoms with Crippen LogP contribution in [0.2, 0.25) is 0 Å². The molecule has 2 aliphatic rings. The number of carbonyl (C=O) groups is 1. The van der Waals surface area contributed by atoms with Crippen LogP contribution in [0.5, 0.6) is 5.75 Å². The van der Waals surface area contributed by atoms with Crippen LogP contribution in [0, 0.1) is 12.8 Å². The number of benzene rings is 2. The first kappa shape index (κ1) is 20.7. The number of hydrazine groups is 1. The minimum absolute atomic E-state index is 0.0371. The van der Waals surface area contributed by atoms with Gasteiger partial charge in [-0.15, -0.1) is 0 Å². The molecular weight excluding hydrogens is 380 g/mol. The van der Waals surface area contributed by atoms with Crippen molar-refractivity contribution in [3.05, 3.63) is 59.2 Å². The molecule has 0 saturated carbocycles. The normalized spacial score (nSPS) is 21.5. The highest BCUT2D eigenvalue weighted by atomic mass is 16.5. The lowest BCUT2D eigenvalue weighted by atomic mass is 9.94. The Morgan fingerprint density at radius 1 is 1.20 bits per heavy atom. The lowest BCUT2D eigenvalue weighted by Crippen LogP contribution is -2.37. The van der Waals surface area contributed by atoms with Crippen molar-refractivity contribution in [1.82, 2.24) is 16.2 Å². The maximum absolute atomic E-state index is 12.9. The summed E-state index contributed by atoms with van der Waals surface area (Å²) < 4.78 is 10.7. The number of ether oxygens (including phenoxy) is 2. The van der Waals surface area contributed by atoms with Crippen molar-refractivity contribution in [3.8, 4) is 5.75 Å². The Hall–Kier alpha value is -2.61. The third kappa shape index (κ3) is 4.59. The van der Waals surface area contributed by atoms with E-state index in [1.165, 1.54) is 11.1 Å². The first-order valence-electron chi connectivity index (χ1n) is 10.5. The number of morpholine rings is 1. The predicted molar refractivity (Wildman–Crippen MR) is 117 cm³/mol. The topological polar surface area (TPSA) is 74.9 Å². The molecule has 2 fully saturated rings. The highest BCUT2D eigenvalue weighted by Crippen LogP contribution is 2.26. The van der Waals surface area contributed by atoms with Crippen LogP contribution in [0.25, 0.3) is 0 Å². The van der Waals surface area contributed by atoms with Crippen LogP contribution in [-0.4, -0.2) is 52.4 Å². The van der Waals surface area contributed by atoms with E-state index in [2.05, 4.69) is 40.1 Å². The van der Waals surface area contributed by atoms with E-state index in [9.17, 15) is 4.79 Å². The first-order valence-corrected chi connectivity index (χ1v) is 10.5. The third-order valence-electron chi connectivity index (χ3n) is 5.92. The number of hydrogen-bond donors (Lipinski definition) is 3. The van der Waals surface area contributed by atoms with Crippen LogP contribution in [-0.2, 0) is 4.74 Å². The molecule has 160 valence electrons. The van der Waals surface area contributed by atoms with Crippen molar-refractivity contribution in [2.24, 2.45) is 5.92 Å². The molecule has 0 aromatic heterocycles. The molecule has 2 saturated heterocycles. The number of aryl methyl sites for hydroxylation is 1. The molecule has 7 heteroatoms. The number of methoxy groups -OCH3 is 1. The van der Waals surface area contributed by atoms with E-state index in [1.807, 2.05) is 30.3 Å². The van der Waals surface area contributed by atoms with Crippen molar-refractivity contribution in [2.75, 3.05) is 51.4 Å². The summed E-state index contributed by atoms with van der Waals surface area (Å²) in [6, 6.07) is 14.1.